The SMILES string of the molecule is C#C[C@]1(O)CCC2C3C(CC[C@@]21C)[C@H]1CC[C@@H](O)CC1=C[C@@H]3O. The van der Waals surface area contributed by atoms with Gasteiger partial charge in [-0.05, 0) is 68.6 Å². The minimum absolute atomic E-state index is 0.208. The van der Waals surface area contributed by atoms with Gasteiger partial charge in [-0.2, -0.15) is 0 Å². The summed E-state index contributed by atoms with van der Waals surface area (Å²) < 4.78 is 0. The molecule has 0 aromatic rings. The smallest absolute Gasteiger partial charge is 0.130 e. The van der Waals surface area contributed by atoms with E-state index in [1.165, 1.54) is 5.57 Å². The van der Waals surface area contributed by atoms with E-state index in [4.69, 9.17) is 6.42 Å². The molecule has 4 aliphatic rings. The van der Waals surface area contributed by atoms with Crippen molar-refractivity contribution in [2.24, 2.45) is 29.1 Å². The second-order valence-corrected chi connectivity index (χ2v) is 8.62. The van der Waals surface area contributed by atoms with E-state index in [0.717, 1.165) is 38.5 Å². The number of terminal acetylenes is 1. The van der Waals surface area contributed by atoms with Gasteiger partial charge in [0.1, 0.15) is 5.60 Å². The summed E-state index contributed by atoms with van der Waals surface area (Å²) in [5, 5.41) is 31.7. The average molecular weight is 316 g/mol. The second-order valence-electron chi connectivity index (χ2n) is 8.62. The van der Waals surface area contributed by atoms with Crippen molar-refractivity contribution in [1.29, 1.82) is 0 Å². The van der Waals surface area contributed by atoms with Crippen LogP contribution in [-0.4, -0.2) is 33.1 Å². The van der Waals surface area contributed by atoms with Crippen LogP contribution in [0.15, 0.2) is 11.6 Å². The third-order valence-electron chi connectivity index (χ3n) is 7.83. The first-order valence-corrected chi connectivity index (χ1v) is 9.16. The normalized spacial score (nSPS) is 55.2. The highest BCUT2D eigenvalue weighted by atomic mass is 16.3. The highest BCUT2D eigenvalue weighted by Crippen LogP contribution is 2.64. The Bertz CT molecular complexity index is 576. The molecule has 0 saturated heterocycles. The number of aliphatic hydroxyl groups excluding tert-OH is 2. The third-order valence-corrected chi connectivity index (χ3v) is 7.83. The van der Waals surface area contributed by atoms with Crippen molar-refractivity contribution >= 4 is 0 Å². The molecule has 0 aliphatic heterocycles. The molecule has 3 fully saturated rings. The van der Waals surface area contributed by atoms with Crippen molar-refractivity contribution < 1.29 is 15.3 Å². The van der Waals surface area contributed by atoms with Crippen molar-refractivity contribution in [3.63, 3.8) is 0 Å². The van der Waals surface area contributed by atoms with Crippen LogP contribution in [0.1, 0.15) is 51.9 Å². The predicted molar refractivity (Wildman–Crippen MR) is 88.3 cm³/mol. The largest absolute Gasteiger partial charge is 0.393 e. The van der Waals surface area contributed by atoms with Gasteiger partial charge < -0.3 is 15.3 Å². The molecule has 0 aromatic carbocycles. The molecule has 0 radical (unpaired) electrons. The monoisotopic (exact) mass is 316 g/mol. The van der Waals surface area contributed by atoms with Crippen LogP contribution >= 0.6 is 0 Å². The molecule has 126 valence electrons. The molecule has 0 spiro atoms. The summed E-state index contributed by atoms with van der Waals surface area (Å²) in [6, 6.07) is 0. The fraction of sp³-hybridized carbons (Fsp3) is 0.800. The minimum Gasteiger partial charge on any atom is -0.393 e. The van der Waals surface area contributed by atoms with Crippen molar-refractivity contribution in [2.45, 2.75) is 69.7 Å². The summed E-state index contributed by atoms with van der Waals surface area (Å²) in [6.07, 6.45) is 13.2. The molecule has 3 saturated carbocycles. The van der Waals surface area contributed by atoms with Gasteiger partial charge in [-0.3, -0.25) is 0 Å². The third kappa shape index (κ3) is 2.02. The minimum atomic E-state index is -1.02. The molecule has 4 aliphatic carbocycles. The summed E-state index contributed by atoms with van der Waals surface area (Å²) in [7, 11) is 0. The first-order valence-electron chi connectivity index (χ1n) is 9.16. The molecule has 0 amide bonds. The second kappa shape index (κ2) is 5.09. The molecular formula is C20H28O3. The van der Waals surface area contributed by atoms with E-state index in [-0.39, 0.29) is 17.4 Å². The Morgan fingerprint density at radius 1 is 1.17 bits per heavy atom. The molecular weight excluding hydrogens is 288 g/mol. The van der Waals surface area contributed by atoms with E-state index in [9.17, 15) is 15.3 Å². The fourth-order valence-electron chi connectivity index (χ4n) is 6.53. The Labute approximate surface area is 138 Å². The molecule has 3 heteroatoms. The van der Waals surface area contributed by atoms with E-state index in [0.29, 0.717) is 24.2 Å². The standard InChI is InChI=1S/C20H28O3/c1-3-20(23)9-7-16-18-15(6-8-19(16,20)2)14-5-4-13(21)10-12(14)11-17(18)22/h1,11,13-18,21-23H,4-10H2,2H3/t13-,14+,15?,16?,17+,18?,19+,20+/m1/s1. The van der Waals surface area contributed by atoms with Gasteiger partial charge in [0.25, 0.3) is 0 Å². The highest BCUT2D eigenvalue weighted by Gasteiger charge is 2.63. The van der Waals surface area contributed by atoms with Gasteiger partial charge in [-0.25, -0.2) is 0 Å². The van der Waals surface area contributed by atoms with Gasteiger partial charge in [0.15, 0.2) is 0 Å². The Kier molecular flexibility index (Phi) is 3.47. The maximum Gasteiger partial charge on any atom is 0.130 e. The topological polar surface area (TPSA) is 60.7 Å². The Hall–Kier alpha value is -0.820. The first-order chi connectivity index (χ1) is 10.9. The lowest BCUT2D eigenvalue weighted by Crippen LogP contribution is -2.55. The van der Waals surface area contributed by atoms with Crippen LogP contribution in [0.25, 0.3) is 0 Å². The van der Waals surface area contributed by atoms with Gasteiger partial charge >= 0.3 is 0 Å². The maximum absolute atomic E-state index is 10.9. The number of hydrogen-bond donors (Lipinski definition) is 3. The van der Waals surface area contributed by atoms with Gasteiger partial charge in [-0.1, -0.05) is 24.5 Å². The Morgan fingerprint density at radius 2 is 1.96 bits per heavy atom. The summed E-state index contributed by atoms with van der Waals surface area (Å²) in [6.45, 7) is 2.14. The van der Waals surface area contributed by atoms with E-state index in [1.54, 1.807) is 0 Å². The lowest BCUT2D eigenvalue weighted by atomic mass is 9.50. The van der Waals surface area contributed by atoms with Gasteiger partial charge in [-0.15, -0.1) is 6.42 Å². The quantitative estimate of drug-likeness (QED) is 0.474. The molecule has 4 rings (SSSR count). The number of fused-ring (bicyclic) bond motifs is 5. The Morgan fingerprint density at radius 3 is 2.70 bits per heavy atom. The zero-order chi connectivity index (χ0) is 16.4. The lowest BCUT2D eigenvalue weighted by molar-refractivity contribution is -0.107. The van der Waals surface area contributed by atoms with Crippen LogP contribution in [0, 0.1) is 41.4 Å². The highest BCUT2D eigenvalue weighted by molar-refractivity contribution is 5.27. The van der Waals surface area contributed by atoms with Crippen LogP contribution < -0.4 is 0 Å². The van der Waals surface area contributed by atoms with Crippen molar-refractivity contribution in [1.82, 2.24) is 0 Å². The molecule has 3 N–H and O–H groups in total. The van der Waals surface area contributed by atoms with Crippen LogP contribution in [0.4, 0.5) is 0 Å². The molecule has 0 bridgehead atoms. The molecule has 23 heavy (non-hydrogen) atoms. The van der Waals surface area contributed by atoms with Crippen molar-refractivity contribution in [3.05, 3.63) is 11.6 Å². The van der Waals surface area contributed by atoms with E-state index in [1.807, 2.05) is 6.08 Å². The van der Waals surface area contributed by atoms with Crippen LogP contribution in [0.2, 0.25) is 0 Å². The van der Waals surface area contributed by atoms with E-state index < -0.39 is 11.7 Å². The van der Waals surface area contributed by atoms with E-state index in [2.05, 4.69) is 12.8 Å². The fourth-order valence-corrected chi connectivity index (χ4v) is 6.53. The zero-order valence-electron chi connectivity index (χ0n) is 13.9. The van der Waals surface area contributed by atoms with Crippen LogP contribution in [0.3, 0.4) is 0 Å². The maximum atomic E-state index is 10.9. The number of hydrogen-bond acceptors (Lipinski definition) is 3. The van der Waals surface area contributed by atoms with Crippen LogP contribution in [-0.2, 0) is 0 Å². The van der Waals surface area contributed by atoms with Crippen molar-refractivity contribution in [3.8, 4) is 12.3 Å². The molecule has 0 aromatic heterocycles. The van der Waals surface area contributed by atoms with E-state index >= 15 is 0 Å². The van der Waals surface area contributed by atoms with Crippen molar-refractivity contribution in [2.75, 3.05) is 0 Å². The predicted octanol–water partition coefficient (Wildman–Crippen LogP) is 2.26. The Balaban J connectivity index is 1.70. The molecule has 8 atom stereocenters. The number of aliphatic hydroxyl groups is 3. The van der Waals surface area contributed by atoms with Gasteiger partial charge in [0, 0.05) is 5.41 Å². The summed E-state index contributed by atoms with van der Waals surface area (Å²) >= 11 is 0. The summed E-state index contributed by atoms with van der Waals surface area (Å²) in [5.41, 5.74) is -0.0234. The van der Waals surface area contributed by atoms with Crippen LogP contribution in [0.5, 0.6) is 0 Å². The molecule has 3 unspecified atom stereocenters. The average Bonchev–Trinajstić information content (AvgIpc) is 2.79. The lowest BCUT2D eigenvalue weighted by Gasteiger charge is -2.55. The summed E-state index contributed by atoms with van der Waals surface area (Å²) in [5.74, 6) is 4.17. The van der Waals surface area contributed by atoms with Gasteiger partial charge in [0.2, 0.25) is 0 Å². The number of rotatable bonds is 0. The molecule has 0 heterocycles. The zero-order valence-corrected chi connectivity index (χ0v) is 13.9. The first kappa shape index (κ1) is 15.7. The summed E-state index contributed by atoms with van der Waals surface area (Å²) in [4.78, 5) is 0. The van der Waals surface area contributed by atoms with Gasteiger partial charge in [0.05, 0.1) is 12.2 Å². The molecule has 3 nitrogen and oxygen atoms in total.